The Morgan fingerprint density at radius 3 is 2.43 bits per heavy atom. The number of anilines is 2. The number of benzene rings is 2. The van der Waals surface area contributed by atoms with E-state index < -0.39 is 15.8 Å². The van der Waals surface area contributed by atoms with Crippen LogP contribution in [0.15, 0.2) is 35.2 Å². The van der Waals surface area contributed by atoms with Gasteiger partial charge in [-0.15, -0.1) is 0 Å². The lowest BCUT2D eigenvalue weighted by atomic mass is 10.2. The van der Waals surface area contributed by atoms with Gasteiger partial charge in [0.1, 0.15) is 10.7 Å². The Morgan fingerprint density at radius 2 is 1.81 bits per heavy atom. The molecule has 0 fully saturated rings. The molecule has 112 valence electrons. The zero-order chi connectivity index (χ0) is 15.8. The summed E-state index contributed by atoms with van der Waals surface area (Å²) in [5.74, 6) is -0.780. The monoisotopic (exact) mass is 348 g/mol. The topological polar surface area (TPSA) is 72.2 Å². The van der Waals surface area contributed by atoms with E-state index in [1.54, 1.807) is 19.1 Å². The molecule has 21 heavy (non-hydrogen) atoms. The third kappa shape index (κ3) is 3.40. The summed E-state index contributed by atoms with van der Waals surface area (Å²) in [6.07, 6.45) is 0. The normalized spacial score (nSPS) is 11.4. The lowest BCUT2D eigenvalue weighted by Gasteiger charge is -2.11. The van der Waals surface area contributed by atoms with Gasteiger partial charge in [-0.3, -0.25) is 4.72 Å². The summed E-state index contributed by atoms with van der Waals surface area (Å²) in [6.45, 7) is 1.79. The molecule has 0 spiro atoms. The fraction of sp³-hybridized carbons (Fsp3) is 0.0769. The Bertz CT molecular complexity index is 810. The number of aryl methyl sites for hydroxylation is 1. The molecule has 0 saturated heterocycles. The van der Waals surface area contributed by atoms with Crippen molar-refractivity contribution in [3.63, 3.8) is 0 Å². The molecule has 0 aromatic heterocycles. The number of nitrogens with two attached hydrogens (primary N) is 1. The van der Waals surface area contributed by atoms with Crippen LogP contribution in [-0.4, -0.2) is 8.42 Å². The maximum atomic E-state index is 13.2. The number of nitrogens with one attached hydrogen (secondary N) is 1. The minimum atomic E-state index is -4.00. The molecule has 0 atom stereocenters. The molecule has 8 heteroatoms. The van der Waals surface area contributed by atoms with Crippen LogP contribution < -0.4 is 10.5 Å². The Kier molecular flexibility index (Phi) is 4.32. The minimum absolute atomic E-state index is 0.257. The van der Waals surface area contributed by atoms with Gasteiger partial charge in [0.2, 0.25) is 0 Å². The molecule has 0 heterocycles. The Labute approximate surface area is 131 Å². The van der Waals surface area contributed by atoms with Crippen molar-refractivity contribution in [1.82, 2.24) is 0 Å². The molecule has 0 unspecified atom stereocenters. The zero-order valence-corrected chi connectivity index (χ0v) is 13.2. The average Bonchev–Trinajstić information content (AvgIpc) is 2.37. The first-order chi connectivity index (χ1) is 9.70. The molecular weight excluding hydrogens is 338 g/mol. The van der Waals surface area contributed by atoms with Crippen LogP contribution in [-0.2, 0) is 10.0 Å². The summed E-state index contributed by atoms with van der Waals surface area (Å²) < 4.78 is 40.1. The number of hydrogen-bond donors (Lipinski definition) is 2. The number of nitrogen functional groups attached to an aromatic ring is 1. The molecule has 0 radical (unpaired) electrons. The van der Waals surface area contributed by atoms with Gasteiger partial charge in [0.15, 0.2) is 0 Å². The molecule has 0 saturated carbocycles. The van der Waals surface area contributed by atoms with Crippen molar-refractivity contribution >= 4 is 44.6 Å². The van der Waals surface area contributed by atoms with Crippen LogP contribution in [0.2, 0.25) is 10.0 Å². The van der Waals surface area contributed by atoms with E-state index in [1.807, 2.05) is 0 Å². The standard InChI is InChI=1S/C13H11Cl2FN2O2S/c1-7-2-3-8(4-9(7)14)18-21(19,20)13-6-12(17)11(16)5-10(13)15/h2-6,18H,17H2,1H3. The molecule has 0 amide bonds. The molecule has 0 aliphatic rings. The first-order valence-electron chi connectivity index (χ1n) is 5.74. The number of sulfonamides is 1. The van der Waals surface area contributed by atoms with Crippen molar-refractivity contribution in [1.29, 1.82) is 0 Å². The van der Waals surface area contributed by atoms with E-state index in [1.165, 1.54) is 6.07 Å². The van der Waals surface area contributed by atoms with Gasteiger partial charge >= 0.3 is 0 Å². The maximum Gasteiger partial charge on any atom is 0.263 e. The fourth-order valence-corrected chi connectivity index (χ4v) is 3.40. The van der Waals surface area contributed by atoms with Crippen LogP contribution in [0.4, 0.5) is 15.8 Å². The van der Waals surface area contributed by atoms with Crippen LogP contribution in [0, 0.1) is 12.7 Å². The Balaban J connectivity index is 2.43. The van der Waals surface area contributed by atoms with E-state index >= 15 is 0 Å². The molecule has 2 rings (SSSR count). The third-order valence-electron chi connectivity index (χ3n) is 2.76. The fourth-order valence-electron chi connectivity index (χ4n) is 1.62. The van der Waals surface area contributed by atoms with Crippen molar-refractivity contribution in [3.8, 4) is 0 Å². The lowest BCUT2D eigenvalue weighted by molar-refractivity contribution is 0.600. The number of hydrogen-bond acceptors (Lipinski definition) is 3. The summed E-state index contributed by atoms with van der Waals surface area (Å²) in [5.41, 5.74) is 6.15. The van der Waals surface area contributed by atoms with Crippen LogP contribution in [0.3, 0.4) is 0 Å². The van der Waals surface area contributed by atoms with Gasteiger partial charge < -0.3 is 5.73 Å². The highest BCUT2D eigenvalue weighted by molar-refractivity contribution is 7.92. The second-order valence-corrected chi connectivity index (χ2v) is 6.84. The molecule has 2 aromatic rings. The van der Waals surface area contributed by atoms with E-state index in [4.69, 9.17) is 28.9 Å². The smallest absolute Gasteiger partial charge is 0.263 e. The maximum absolute atomic E-state index is 13.2. The van der Waals surface area contributed by atoms with Gasteiger partial charge in [0, 0.05) is 5.02 Å². The van der Waals surface area contributed by atoms with Gasteiger partial charge in [-0.05, 0) is 36.8 Å². The van der Waals surface area contributed by atoms with Crippen molar-refractivity contribution in [2.75, 3.05) is 10.5 Å². The molecule has 0 aliphatic heterocycles. The highest BCUT2D eigenvalue weighted by Crippen LogP contribution is 2.29. The third-order valence-corrected chi connectivity index (χ3v) is 5.02. The quantitative estimate of drug-likeness (QED) is 0.828. The van der Waals surface area contributed by atoms with Crippen LogP contribution >= 0.6 is 23.2 Å². The summed E-state index contributed by atoms with van der Waals surface area (Å²) >= 11 is 11.7. The molecule has 4 nitrogen and oxygen atoms in total. The predicted molar refractivity (Wildman–Crippen MR) is 82.8 cm³/mol. The Morgan fingerprint density at radius 1 is 1.14 bits per heavy atom. The van der Waals surface area contributed by atoms with Gasteiger partial charge in [-0.25, -0.2) is 12.8 Å². The van der Waals surface area contributed by atoms with Crippen molar-refractivity contribution < 1.29 is 12.8 Å². The first kappa shape index (κ1) is 15.9. The number of halogens is 3. The minimum Gasteiger partial charge on any atom is -0.396 e. The van der Waals surface area contributed by atoms with Crippen molar-refractivity contribution in [2.24, 2.45) is 0 Å². The zero-order valence-electron chi connectivity index (χ0n) is 10.8. The number of rotatable bonds is 3. The highest BCUT2D eigenvalue weighted by Gasteiger charge is 2.20. The molecular formula is C13H11Cl2FN2O2S. The lowest BCUT2D eigenvalue weighted by Crippen LogP contribution is -2.14. The van der Waals surface area contributed by atoms with Gasteiger partial charge in [0.25, 0.3) is 10.0 Å². The van der Waals surface area contributed by atoms with Crippen LogP contribution in [0.25, 0.3) is 0 Å². The van der Waals surface area contributed by atoms with E-state index in [2.05, 4.69) is 4.72 Å². The van der Waals surface area contributed by atoms with Crippen LogP contribution in [0.1, 0.15) is 5.56 Å². The van der Waals surface area contributed by atoms with Gasteiger partial charge in [-0.1, -0.05) is 29.3 Å². The van der Waals surface area contributed by atoms with Crippen LogP contribution in [0.5, 0.6) is 0 Å². The Hall–Kier alpha value is -1.50. The van der Waals surface area contributed by atoms with E-state index in [-0.39, 0.29) is 21.3 Å². The first-order valence-corrected chi connectivity index (χ1v) is 7.98. The molecule has 0 bridgehead atoms. The van der Waals surface area contributed by atoms with E-state index in [0.29, 0.717) is 5.02 Å². The summed E-state index contributed by atoms with van der Waals surface area (Å²) in [7, 11) is -4.00. The molecule has 0 aliphatic carbocycles. The van der Waals surface area contributed by atoms with E-state index in [0.717, 1.165) is 17.7 Å². The highest BCUT2D eigenvalue weighted by atomic mass is 35.5. The van der Waals surface area contributed by atoms with Crippen molar-refractivity contribution in [2.45, 2.75) is 11.8 Å². The van der Waals surface area contributed by atoms with Gasteiger partial charge in [0.05, 0.1) is 16.4 Å². The largest absolute Gasteiger partial charge is 0.396 e. The van der Waals surface area contributed by atoms with Crippen molar-refractivity contribution in [3.05, 3.63) is 51.8 Å². The second-order valence-electron chi connectivity index (χ2n) is 4.37. The van der Waals surface area contributed by atoms with Gasteiger partial charge in [-0.2, -0.15) is 0 Å². The molecule has 3 N–H and O–H groups in total. The second kappa shape index (κ2) is 5.71. The average molecular weight is 349 g/mol. The summed E-state index contributed by atoms with van der Waals surface area (Å²) in [5, 5.41) is 0.160. The van der Waals surface area contributed by atoms with E-state index in [9.17, 15) is 12.8 Å². The summed E-state index contributed by atoms with van der Waals surface area (Å²) in [6, 6.07) is 6.51. The summed E-state index contributed by atoms with van der Waals surface area (Å²) in [4.78, 5) is -0.306. The predicted octanol–water partition coefficient (Wildman–Crippen LogP) is 3.82. The SMILES string of the molecule is Cc1ccc(NS(=O)(=O)c2cc(N)c(F)cc2Cl)cc1Cl. The molecule has 2 aromatic carbocycles.